The van der Waals surface area contributed by atoms with Crippen molar-refractivity contribution in [2.75, 3.05) is 0 Å². The van der Waals surface area contributed by atoms with Gasteiger partial charge in [0, 0.05) is 0 Å². The van der Waals surface area contributed by atoms with E-state index in [2.05, 4.69) is 26.2 Å². The number of nitrogens with one attached hydrogen (secondary N) is 1. The van der Waals surface area contributed by atoms with Gasteiger partial charge in [0.05, 0.1) is 11.2 Å². The highest BCUT2D eigenvalue weighted by atomic mass is 79.9. The number of aromatic nitrogens is 1. The second-order valence-electron chi connectivity index (χ2n) is 5.91. The second-order valence-corrected chi connectivity index (χ2v) is 6.72. The zero-order chi connectivity index (χ0) is 14.1. The molecule has 19 heavy (non-hydrogen) atoms. The molecule has 0 aliphatic heterocycles. The highest BCUT2D eigenvalue weighted by Gasteiger charge is 2.42. The fraction of sp³-hybridized carbons (Fsp3) is 0.571. The predicted molar refractivity (Wildman–Crippen MR) is 76.8 cm³/mol. The van der Waals surface area contributed by atoms with Gasteiger partial charge in [-0.05, 0) is 68.1 Å². The minimum atomic E-state index is -0.486. The van der Waals surface area contributed by atoms with Crippen molar-refractivity contribution in [3.05, 3.63) is 28.5 Å². The van der Waals surface area contributed by atoms with Gasteiger partial charge in [0.1, 0.15) is 10.2 Å². The van der Waals surface area contributed by atoms with Crippen LogP contribution in [0.3, 0.4) is 0 Å². The number of rotatable bonds is 2. The summed E-state index contributed by atoms with van der Waals surface area (Å²) in [4.78, 5) is 16.4. The summed E-state index contributed by atoms with van der Waals surface area (Å²) >= 11 is 3.37. The monoisotopic (exact) mass is 326 g/mol. The molecule has 1 amide bonds. The topological polar surface area (TPSA) is 51.2 Å². The highest BCUT2D eigenvalue weighted by Crippen LogP contribution is 2.40. The molecule has 1 aliphatic carbocycles. The lowest BCUT2D eigenvalue weighted by Crippen LogP contribution is -2.52. The maximum Gasteiger partial charge on any atom is 0.408 e. The molecule has 5 heteroatoms. The smallest absolute Gasteiger partial charge is 0.408 e. The Morgan fingerprint density at radius 3 is 2.58 bits per heavy atom. The van der Waals surface area contributed by atoms with Crippen LogP contribution >= 0.6 is 15.9 Å². The molecule has 1 aliphatic rings. The molecule has 1 aromatic heterocycles. The molecule has 0 unspecified atom stereocenters. The Morgan fingerprint density at radius 2 is 2.11 bits per heavy atom. The quantitative estimate of drug-likeness (QED) is 0.842. The van der Waals surface area contributed by atoms with E-state index in [1.54, 1.807) is 0 Å². The molecule has 0 spiro atoms. The number of alkyl carbamates (subject to hydrolysis) is 1. The van der Waals surface area contributed by atoms with Crippen molar-refractivity contribution in [2.45, 2.75) is 51.2 Å². The van der Waals surface area contributed by atoms with E-state index >= 15 is 0 Å². The predicted octanol–water partition coefficient (Wildman–Crippen LogP) is 3.75. The molecule has 1 aromatic rings. The van der Waals surface area contributed by atoms with Crippen molar-refractivity contribution in [3.8, 4) is 0 Å². The first kappa shape index (κ1) is 14.3. The van der Waals surface area contributed by atoms with E-state index in [1.807, 2.05) is 39.0 Å². The van der Waals surface area contributed by atoms with Gasteiger partial charge in [0.25, 0.3) is 0 Å². The number of amides is 1. The Bertz CT molecular complexity index is 479. The van der Waals surface area contributed by atoms with Crippen molar-refractivity contribution in [1.29, 1.82) is 0 Å². The van der Waals surface area contributed by atoms with Crippen molar-refractivity contribution in [1.82, 2.24) is 10.3 Å². The van der Waals surface area contributed by atoms with E-state index < -0.39 is 5.60 Å². The number of pyridine rings is 1. The summed E-state index contributed by atoms with van der Waals surface area (Å²) in [6.07, 6.45) is 2.50. The Balaban J connectivity index is 2.13. The Morgan fingerprint density at radius 1 is 1.42 bits per heavy atom. The lowest BCUT2D eigenvalue weighted by molar-refractivity contribution is 0.0371. The molecule has 0 aromatic carbocycles. The molecular weight excluding hydrogens is 308 g/mol. The summed E-state index contributed by atoms with van der Waals surface area (Å²) in [6.45, 7) is 5.58. The van der Waals surface area contributed by atoms with E-state index in [1.165, 1.54) is 0 Å². The highest BCUT2D eigenvalue weighted by molar-refractivity contribution is 9.10. The maximum atomic E-state index is 12.0. The number of ether oxygens (including phenoxy) is 1. The molecule has 0 saturated heterocycles. The van der Waals surface area contributed by atoms with Crippen LogP contribution in [0.5, 0.6) is 0 Å². The lowest BCUT2D eigenvalue weighted by atomic mass is 9.74. The normalized spacial score (nSPS) is 17.5. The van der Waals surface area contributed by atoms with Crippen LogP contribution in [-0.2, 0) is 10.3 Å². The Kier molecular flexibility index (Phi) is 3.85. The first-order chi connectivity index (χ1) is 8.81. The number of hydrogen-bond acceptors (Lipinski definition) is 3. The average molecular weight is 327 g/mol. The third-order valence-corrected chi connectivity index (χ3v) is 3.59. The van der Waals surface area contributed by atoms with E-state index in [0.29, 0.717) is 0 Å². The number of hydrogen-bond donors (Lipinski definition) is 1. The molecule has 104 valence electrons. The van der Waals surface area contributed by atoms with Crippen molar-refractivity contribution < 1.29 is 9.53 Å². The molecule has 1 saturated carbocycles. The van der Waals surface area contributed by atoms with Crippen LogP contribution in [0, 0.1) is 0 Å². The Labute approximate surface area is 122 Å². The van der Waals surface area contributed by atoms with E-state index in [9.17, 15) is 4.79 Å². The van der Waals surface area contributed by atoms with Crippen LogP contribution in [0.15, 0.2) is 22.8 Å². The molecule has 0 atom stereocenters. The van der Waals surface area contributed by atoms with Crippen LogP contribution < -0.4 is 5.32 Å². The fourth-order valence-electron chi connectivity index (χ4n) is 2.15. The van der Waals surface area contributed by atoms with Crippen molar-refractivity contribution in [3.63, 3.8) is 0 Å². The van der Waals surface area contributed by atoms with Gasteiger partial charge >= 0.3 is 6.09 Å². The maximum absolute atomic E-state index is 12.0. The first-order valence-corrected chi connectivity index (χ1v) is 7.24. The van der Waals surface area contributed by atoms with Gasteiger partial charge in [-0.2, -0.15) is 0 Å². The molecular formula is C14H19BrN2O2. The zero-order valence-corrected chi connectivity index (χ0v) is 13.1. The SMILES string of the molecule is CC(C)(C)OC(=O)NC1(c2cccc(Br)n2)CCC1. The molecule has 0 radical (unpaired) electrons. The minimum absolute atomic E-state index is 0.369. The van der Waals surface area contributed by atoms with Crippen molar-refractivity contribution >= 4 is 22.0 Å². The van der Waals surface area contributed by atoms with Crippen LogP contribution in [0.1, 0.15) is 45.7 Å². The lowest BCUT2D eigenvalue weighted by Gasteiger charge is -2.42. The molecule has 2 rings (SSSR count). The summed E-state index contributed by atoms with van der Waals surface area (Å²) in [5, 5.41) is 2.99. The number of halogens is 1. The van der Waals surface area contributed by atoms with Crippen LogP contribution in [0.25, 0.3) is 0 Å². The summed E-state index contributed by atoms with van der Waals surface area (Å²) in [5.74, 6) is 0. The minimum Gasteiger partial charge on any atom is -0.444 e. The van der Waals surface area contributed by atoms with Gasteiger partial charge in [-0.3, -0.25) is 0 Å². The van der Waals surface area contributed by atoms with Gasteiger partial charge in [-0.1, -0.05) is 6.07 Å². The summed E-state index contributed by atoms with van der Waals surface area (Å²) in [5.41, 5.74) is 0.0326. The van der Waals surface area contributed by atoms with Gasteiger partial charge in [-0.15, -0.1) is 0 Å². The first-order valence-electron chi connectivity index (χ1n) is 6.45. The van der Waals surface area contributed by atoms with Crippen molar-refractivity contribution in [2.24, 2.45) is 0 Å². The molecule has 4 nitrogen and oxygen atoms in total. The fourth-order valence-corrected chi connectivity index (χ4v) is 2.49. The molecule has 0 bridgehead atoms. The van der Waals surface area contributed by atoms with Crippen LogP contribution in [0.2, 0.25) is 0 Å². The van der Waals surface area contributed by atoms with E-state index in [4.69, 9.17) is 4.74 Å². The zero-order valence-electron chi connectivity index (χ0n) is 11.5. The van der Waals surface area contributed by atoms with Gasteiger partial charge in [-0.25, -0.2) is 9.78 Å². The Hall–Kier alpha value is -1.10. The number of carbonyl (C=O) groups is 1. The summed E-state index contributed by atoms with van der Waals surface area (Å²) in [7, 11) is 0. The second kappa shape index (κ2) is 5.12. The van der Waals surface area contributed by atoms with Gasteiger partial charge in [0.2, 0.25) is 0 Å². The third-order valence-electron chi connectivity index (χ3n) is 3.15. The van der Waals surface area contributed by atoms with Crippen LogP contribution in [-0.4, -0.2) is 16.7 Å². The van der Waals surface area contributed by atoms with E-state index in [-0.39, 0.29) is 11.6 Å². The summed E-state index contributed by atoms with van der Waals surface area (Å²) in [6, 6.07) is 5.76. The van der Waals surface area contributed by atoms with Gasteiger partial charge in [0.15, 0.2) is 0 Å². The van der Waals surface area contributed by atoms with E-state index in [0.717, 1.165) is 29.6 Å². The average Bonchev–Trinajstić information content (AvgIpc) is 2.21. The number of carbonyl (C=O) groups excluding carboxylic acids is 1. The molecule has 1 heterocycles. The molecule has 1 N–H and O–H groups in total. The van der Waals surface area contributed by atoms with Gasteiger partial charge < -0.3 is 10.1 Å². The van der Waals surface area contributed by atoms with Crippen LogP contribution in [0.4, 0.5) is 4.79 Å². The largest absolute Gasteiger partial charge is 0.444 e. The third kappa shape index (κ3) is 3.47. The summed E-state index contributed by atoms with van der Waals surface area (Å²) < 4.78 is 6.11. The standard InChI is InChI=1S/C14H19BrN2O2/c1-13(2,3)19-12(18)17-14(8-5-9-14)10-6-4-7-11(15)16-10/h4,6-7H,5,8-9H2,1-3H3,(H,17,18). The number of nitrogens with zero attached hydrogens (tertiary/aromatic N) is 1. The molecule has 1 fully saturated rings.